The predicted molar refractivity (Wildman–Crippen MR) is 72.6 cm³/mol. The van der Waals surface area contributed by atoms with Crippen LogP contribution in [0.3, 0.4) is 0 Å². The first-order valence-corrected chi connectivity index (χ1v) is 7.59. The van der Waals surface area contributed by atoms with Gasteiger partial charge >= 0.3 is 0 Å². The molecule has 0 aromatic rings. The van der Waals surface area contributed by atoms with Crippen LogP contribution in [-0.2, 0) is 9.59 Å². The van der Waals surface area contributed by atoms with Gasteiger partial charge in [-0.05, 0) is 36.5 Å². The molecule has 2 aliphatic carbocycles. The van der Waals surface area contributed by atoms with Crippen molar-refractivity contribution in [3.8, 4) is 0 Å². The lowest BCUT2D eigenvalue weighted by molar-refractivity contribution is -0.154. The second kappa shape index (κ2) is 4.96. The Balaban J connectivity index is 2.35. The highest BCUT2D eigenvalue weighted by molar-refractivity contribution is 6.39. The van der Waals surface area contributed by atoms with Crippen LogP contribution >= 0.6 is 11.6 Å². The van der Waals surface area contributed by atoms with Crippen LogP contribution in [0.25, 0.3) is 0 Å². The molecule has 18 heavy (non-hydrogen) atoms. The fraction of sp³-hybridized carbons (Fsp3) is 0.867. The van der Waals surface area contributed by atoms with E-state index in [0.717, 1.165) is 25.7 Å². The molecule has 0 saturated heterocycles. The maximum absolute atomic E-state index is 12.3. The van der Waals surface area contributed by atoms with E-state index in [4.69, 9.17) is 11.6 Å². The van der Waals surface area contributed by atoms with Gasteiger partial charge < -0.3 is 0 Å². The maximum Gasteiger partial charge on any atom is 0.202 e. The van der Waals surface area contributed by atoms with Crippen LogP contribution in [0.1, 0.15) is 46.5 Å². The summed E-state index contributed by atoms with van der Waals surface area (Å²) in [5.74, 6) is 0.840. The van der Waals surface area contributed by atoms with Crippen LogP contribution < -0.4 is 0 Å². The van der Waals surface area contributed by atoms with Crippen LogP contribution in [0.5, 0.6) is 0 Å². The van der Waals surface area contributed by atoms with Crippen molar-refractivity contribution in [2.45, 2.75) is 46.5 Å². The number of rotatable bonds is 2. The fourth-order valence-electron chi connectivity index (χ4n) is 3.96. The monoisotopic (exact) mass is 270 g/mol. The lowest BCUT2D eigenvalue weighted by Gasteiger charge is -2.51. The molecule has 2 aliphatic rings. The molecule has 0 amide bonds. The van der Waals surface area contributed by atoms with E-state index in [2.05, 4.69) is 6.92 Å². The van der Waals surface area contributed by atoms with Crippen molar-refractivity contribution in [3.63, 3.8) is 0 Å². The second-order valence-electron chi connectivity index (χ2n) is 6.62. The third-order valence-corrected chi connectivity index (χ3v) is 5.69. The van der Waals surface area contributed by atoms with E-state index in [1.165, 1.54) is 0 Å². The first kappa shape index (κ1) is 14.0. The summed E-state index contributed by atoms with van der Waals surface area (Å²) in [6.07, 6.45) is 3.85. The minimum atomic E-state index is -0.123. The number of ketones is 2. The van der Waals surface area contributed by atoms with Crippen LogP contribution in [-0.4, -0.2) is 17.4 Å². The number of carbonyl (C=O) groups excluding carboxylic acids is 2. The first-order chi connectivity index (χ1) is 8.41. The molecule has 0 heterocycles. The summed E-state index contributed by atoms with van der Waals surface area (Å²) < 4.78 is 0. The number of fused-ring (bicyclic) bond motifs is 1. The van der Waals surface area contributed by atoms with Crippen molar-refractivity contribution < 1.29 is 9.59 Å². The van der Waals surface area contributed by atoms with Gasteiger partial charge in [0.25, 0.3) is 0 Å². The molecule has 3 heteroatoms. The van der Waals surface area contributed by atoms with Gasteiger partial charge in [-0.15, -0.1) is 11.6 Å². The van der Waals surface area contributed by atoms with Gasteiger partial charge in [0.15, 0.2) is 0 Å². The molecular formula is C15H23ClO2. The second-order valence-corrected chi connectivity index (χ2v) is 6.93. The van der Waals surface area contributed by atoms with E-state index in [-0.39, 0.29) is 34.7 Å². The van der Waals surface area contributed by atoms with Gasteiger partial charge in [-0.1, -0.05) is 27.2 Å². The first-order valence-electron chi connectivity index (χ1n) is 7.05. The molecule has 0 spiro atoms. The van der Waals surface area contributed by atoms with Crippen molar-refractivity contribution in [3.05, 3.63) is 0 Å². The summed E-state index contributed by atoms with van der Waals surface area (Å²) in [6, 6.07) is 0. The Kier molecular flexibility index (Phi) is 3.87. The lowest BCUT2D eigenvalue weighted by Crippen LogP contribution is -2.53. The average molecular weight is 271 g/mol. The van der Waals surface area contributed by atoms with Gasteiger partial charge in [-0.2, -0.15) is 0 Å². The smallest absolute Gasteiger partial charge is 0.202 e. The van der Waals surface area contributed by atoms with Crippen molar-refractivity contribution in [2.24, 2.45) is 29.1 Å². The molecule has 4 atom stereocenters. The van der Waals surface area contributed by atoms with Gasteiger partial charge in [0.2, 0.25) is 11.6 Å². The van der Waals surface area contributed by atoms with E-state index in [1.54, 1.807) is 0 Å². The quantitative estimate of drug-likeness (QED) is 0.569. The summed E-state index contributed by atoms with van der Waals surface area (Å²) in [7, 11) is 0. The normalized spacial score (nSPS) is 41.1. The molecule has 2 fully saturated rings. The van der Waals surface area contributed by atoms with Gasteiger partial charge in [0.05, 0.1) is 0 Å². The van der Waals surface area contributed by atoms with E-state index < -0.39 is 0 Å². The highest BCUT2D eigenvalue weighted by Gasteiger charge is 2.54. The molecule has 0 aliphatic heterocycles. The zero-order valence-corrected chi connectivity index (χ0v) is 12.3. The number of hydrogen-bond acceptors (Lipinski definition) is 2. The molecule has 2 rings (SSSR count). The highest BCUT2D eigenvalue weighted by Crippen LogP contribution is 2.53. The highest BCUT2D eigenvalue weighted by atomic mass is 35.5. The number of alkyl halides is 1. The summed E-state index contributed by atoms with van der Waals surface area (Å²) in [6.45, 7) is 6.26. The standard InChI is InChI=1S/C15H23ClO2/c1-9(2)11-7-15(3)10(8-16)5-4-6-12(15)14(18)13(11)17/h9-12H,4-8H2,1-3H3. The maximum atomic E-state index is 12.3. The number of hydrogen-bond donors (Lipinski definition) is 0. The summed E-state index contributed by atoms with van der Waals surface area (Å²) in [5.41, 5.74) is -0.0556. The van der Waals surface area contributed by atoms with Crippen LogP contribution in [0, 0.1) is 29.1 Å². The molecule has 0 aromatic heterocycles. The minimum absolute atomic E-state index is 0.0556. The van der Waals surface area contributed by atoms with E-state index in [1.807, 2.05) is 13.8 Å². The predicted octanol–water partition coefficient (Wildman–Crippen LogP) is 3.46. The van der Waals surface area contributed by atoms with E-state index in [0.29, 0.717) is 11.8 Å². The van der Waals surface area contributed by atoms with Gasteiger partial charge in [0, 0.05) is 17.7 Å². The minimum Gasteiger partial charge on any atom is -0.291 e. The van der Waals surface area contributed by atoms with Crippen molar-refractivity contribution in [1.29, 1.82) is 0 Å². The molecule has 0 aromatic carbocycles. The van der Waals surface area contributed by atoms with Crippen molar-refractivity contribution in [2.75, 3.05) is 5.88 Å². The molecule has 0 bridgehead atoms. The Bertz CT molecular complexity index is 364. The zero-order chi connectivity index (χ0) is 13.5. The molecule has 2 nitrogen and oxygen atoms in total. The molecule has 102 valence electrons. The third kappa shape index (κ3) is 2.03. The van der Waals surface area contributed by atoms with Gasteiger partial charge in [-0.25, -0.2) is 0 Å². The van der Waals surface area contributed by atoms with Crippen LogP contribution in [0.2, 0.25) is 0 Å². The third-order valence-electron chi connectivity index (χ3n) is 5.32. The Morgan fingerprint density at radius 2 is 1.94 bits per heavy atom. The molecule has 2 saturated carbocycles. The zero-order valence-electron chi connectivity index (χ0n) is 11.5. The van der Waals surface area contributed by atoms with Crippen LogP contribution in [0.4, 0.5) is 0 Å². The number of carbonyl (C=O) groups is 2. The molecule has 4 unspecified atom stereocenters. The van der Waals surface area contributed by atoms with Crippen molar-refractivity contribution in [1.82, 2.24) is 0 Å². The van der Waals surface area contributed by atoms with E-state index >= 15 is 0 Å². The fourth-order valence-corrected chi connectivity index (χ4v) is 4.47. The number of halogens is 1. The topological polar surface area (TPSA) is 34.1 Å². The SMILES string of the molecule is CC(C)C1CC2(C)C(CCl)CCCC2C(=O)C1=O. The summed E-state index contributed by atoms with van der Waals surface area (Å²) in [4.78, 5) is 24.5. The van der Waals surface area contributed by atoms with E-state index in [9.17, 15) is 9.59 Å². The van der Waals surface area contributed by atoms with Gasteiger partial charge in [0.1, 0.15) is 0 Å². The van der Waals surface area contributed by atoms with Crippen LogP contribution in [0.15, 0.2) is 0 Å². The Hall–Kier alpha value is -0.370. The summed E-state index contributed by atoms with van der Waals surface area (Å²) in [5, 5.41) is 0. The lowest BCUT2D eigenvalue weighted by atomic mass is 9.52. The molecule has 0 radical (unpaired) electrons. The van der Waals surface area contributed by atoms with Crippen molar-refractivity contribution >= 4 is 23.2 Å². The largest absolute Gasteiger partial charge is 0.291 e. The Morgan fingerprint density at radius 3 is 2.50 bits per heavy atom. The Labute approximate surface area is 114 Å². The average Bonchev–Trinajstić information content (AvgIpc) is 2.33. The molecule has 0 N–H and O–H groups in total. The Morgan fingerprint density at radius 1 is 1.28 bits per heavy atom. The van der Waals surface area contributed by atoms with Gasteiger partial charge in [-0.3, -0.25) is 9.59 Å². The number of Topliss-reactive ketones (excluding diaryl/α,β-unsaturated/α-hetero) is 2. The molecular weight excluding hydrogens is 248 g/mol. The summed E-state index contributed by atoms with van der Waals surface area (Å²) >= 11 is 6.11.